The van der Waals surface area contributed by atoms with E-state index < -0.39 is 60.6 Å². The van der Waals surface area contributed by atoms with Gasteiger partial charge in [0.25, 0.3) is 0 Å². The Bertz CT molecular complexity index is 952. The average Bonchev–Trinajstić information content (AvgIpc) is 3.26. The normalized spacial score (nSPS) is 15.2. The minimum atomic E-state index is -8.63. The molecule has 1 aromatic rings. The molecule has 0 radical (unpaired) electrons. The Kier molecular flexibility index (Phi) is 10.5. The van der Waals surface area contributed by atoms with E-state index in [0.717, 1.165) is 31.9 Å². The van der Waals surface area contributed by atoms with Crippen LogP contribution in [0.4, 0.5) is 74.6 Å². The molecule has 0 saturated carbocycles. The second-order valence-electron chi connectivity index (χ2n) is 8.89. The monoisotopic (exact) mass is 627 g/mol. The first-order valence-corrected chi connectivity index (χ1v) is 11.4. The molecule has 0 amide bonds. The summed E-state index contributed by atoms with van der Waals surface area (Å²) in [6, 6.07) is 0. The average molecular weight is 627 g/mol. The summed E-state index contributed by atoms with van der Waals surface area (Å²) in [7, 11) is 0. The van der Waals surface area contributed by atoms with Crippen molar-refractivity contribution in [3.63, 3.8) is 0 Å². The van der Waals surface area contributed by atoms with Gasteiger partial charge in [0.15, 0.2) is 0 Å². The second-order valence-corrected chi connectivity index (χ2v) is 8.89. The molecule has 0 aromatic carbocycles. The van der Waals surface area contributed by atoms with Crippen LogP contribution >= 0.6 is 0 Å². The van der Waals surface area contributed by atoms with Gasteiger partial charge in [0.05, 0.1) is 5.69 Å². The molecule has 236 valence electrons. The summed E-state index contributed by atoms with van der Waals surface area (Å²) in [6.07, 6.45) is -4.36. The molecule has 0 unspecified atom stereocenters. The van der Waals surface area contributed by atoms with Gasteiger partial charge in [0.1, 0.15) is 0 Å². The lowest BCUT2D eigenvalue weighted by atomic mass is 9.88. The van der Waals surface area contributed by atoms with Gasteiger partial charge in [0.2, 0.25) is 0 Å². The maximum Gasteiger partial charge on any atom is 0.460 e. The van der Waals surface area contributed by atoms with Crippen LogP contribution in [0.2, 0.25) is 0 Å². The molecule has 3 nitrogen and oxygen atoms in total. The van der Waals surface area contributed by atoms with Crippen LogP contribution in [0.15, 0.2) is 6.20 Å². The molecule has 0 N–H and O–H groups in total. The maximum atomic E-state index is 14.0. The predicted molar refractivity (Wildman–Crippen MR) is 102 cm³/mol. The lowest BCUT2D eigenvalue weighted by Gasteiger charge is -2.42. The summed E-state index contributed by atoms with van der Waals surface area (Å²) < 4.78 is 227. The Hall–Kier alpha value is -2.05. The van der Waals surface area contributed by atoms with Crippen molar-refractivity contribution in [1.82, 2.24) is 15.0 Å². The van der Waals surface area contributed by atoms with Crippen molar-refractivity contribution in [1.29, 1.82) is 0 Å². The number of aryl methyl sites for hydroxylation is 2. The lowest BCUT2D eigenvalue weighted by Crippen LogP contribution is -2.74. The number of hydrogen-bond donors (Lipinski definition) is 0. The lowest BCUT2D eigenvalue weighted by molar-refractivity contribution is -0.461. The first-order valence-electron chi connectivity index (χ1n) is 11.4. The van der Waals surface area contributed by atoms with E-state index in [1.165, 1.54) is 0 Å². The standard InChI is InChI=1S/C20H22F17N3/c1-2-3-4-5-6-7-8-12-11-40(39-38-12)10-9-13(21,22)14(23,24)15(25,26)16(27,28)17(29,30)18(31,32)19(33,34)20(35,36)37/h11H,2-10H2,1H3. The van der Waals surface area contributed by atoms with Gasteiger partial charge in [-0.05, 0) is 12.8 Å². The third-order valence-corrected chi connectivity index (χ3v) is 5.81. The molecule has 0 saturated heterocycles. The zero-order valence-electron chi connectivity index (χ0n) is 20.2. The third-order valence-electron chi connectivity index (χ3n) is 5.81. The molecular formula is C20H22F17N3. The molecule has 40 heavy (non-hydrogen) atoms. The summed E-state index contributed by atoms with van der Waals surface area (Å²) in [6.45, 7) is 0.477. The highest BCUT2D eigenvalue weighted by molar-refractivity contribution is 5.15. The predicted octanol–water partition coefficient (Wildman–Crippen LogP) is 8.58. The van der Waals surface area contributed by atoms with Crippen LogP contribution in [0.3, 0.4) is 0 Å². The van der Waals surface area contributed by atoms with Crippen LogP contribution in [-0.4, -0.2) is 62.6 Å². The van der Waals surface area contributed by atoms with Crippen LogP contribution in [0.5, 0.6) is 0 Å². The van der Waals surface area contributed by atoms with Crippen LogP contribution < -0.4 is 0 Å². The smallest absolute Gasteiger partial charge is 0.252 e. The molecule has 1 rings (SSSR count). The van der Waals surface area contributed by atoms with Gasteiger partial charge < -0.3 is 0 Å². The van der Waals surface area contributed by atoms with Crippen molar-refractivity contribution in [2.45, 2.75) is 112 Å². The highest BCUT2D eigenvalue weighted by atomic mass is 19.4. The third kappa shape index (κ3) is 6.23. The number of hydrogen-bond acceptors (Lipinski definition) is 2. The first-order chi connectivity index (χ1) is 17.8. The molecule has 0 spiro atoms. The summed E-state index contributed by atoms with van der Waals surface area (Å²) in [4.78, 5) is 0. The Labute approximate surface area is 215 Å². The molecule has 0 aliphatic heterocycles. The number of rotatable bonds is 16. The van der Waals surface area contributed by atoms with Crippen molar-refractivity contribution < 1.29 is 74.6 Å². The fourth-order valence-electron chi connectivity index (χ4n) is 3.26. The molecule has 0 bridgehead atoms. The maximum absolute atomic E-state index is 14.0. The SMILES string of the molecule is CCCCCCCCc1cn(CCC(F)(F)C(F)(F)C(F)(F)C(F)(F)C(F)(F)C(F)(F)C(F)(F)C(F)(F)F)nn1. The summed E-state index contributed by atoms with van der Waals surface area (Å²) in [5.74, 6) is -56.3. The molecular weight excluding hydrogens is 605 g/mol. The number of unbranched alkanes of at least 4 members (excludes halogenated alkanes) is 5. The van der Waals surface area contributed by atoms with E-state index in [9.17, 15) is 74.6 Å². The van der Waals surface area contributed by atoms with E-state index >= 15 is 0 Å². The van der Waals surface area contributed by atoms with Gasteiger partial charge in [-0.3, -0.25) is 4.68 Å². The van der Waals surface area contributed by atoms with Gasteiger partial charge in [-0.15, -0.1) is 5.10 Å². The summed E-state index contributed by atoms with van der Waals surface area (Å²) >= 11 is 0. The van der Waals surface area contributed by atoms with Crippen LogP contribution in [0.1, 0.15) is 57.6 Å². The van der Waals surface area contributed by atoms with E-state index in [-0.39, 0.29) is 12.1 Å². The fourth-order valence-corrected chi connectivity index (χ4v) is 3.26. The molecule has 1 heterocycles. The van der Waals surface area contributed by atoms with Crippen molar-refractivity contribution >= 4 is 0 Å². The number of aromatic nitrogens is 3. The Morgan fingerprint density at radius 3 is 1.48 bits per heavy atom. The fraction of sp³-hybridized carbons (Fsp3) is 0.900. The Morgan fingerprint density at radius 2 is 1.00 bits per heavy atom. The van der Waals surface area contributed by atoms with E-state index in [1.807, 2.05) is 6.92 Å². The number of halogens is 17. The quantitative estimate of drug-likeness (QED) is 0.136. The van der Waals surface area contributed by atoms with E-state index in [0.29, 0.717) is 17.5 Å². The van der Waals surface area contributed by atoms with Gasteiger partial charge in [-0.25, -0.2) is 0 Å². The van der Waals surface area contributed by atoms with Crippen molar-refractivity contribution in [3.05, 3.63) is 11.9 Å². The minimum absolute atomic E-state index is 0.106. The van der Waals surface area contributed by atoms with Gasteiger partial charge in [-0.1, -0.05) is 44.2 Å². The van der Waals surface area contributed by atoms with Crippen molar-refractivity contribution in [2.24, 2.45) is 0 Å². The largest absolute Gasteiger partial charge is 0.460 e. The number of nitrogens with zero attached hydrogens (tertiary/aromatic N) is 3. The highest BCUT2D eigenvalue weighted by Crippen LogP contribution is 2.64. The van der Waals surface area contributed by atoms with Crippen LogP contribution in [0, 0.1) is 0 Å². The molecule has 20 heteroatoms. The zero-order chi connectivity index (χ0) is 31.6. The van der Waals surface area contributed by atoms with Gasteiger partial charge >= 0.3 is 47.6 Å². The highest BCUT2D eigenvalue weighted by Gasteiger charge is 2.95. The molecule has 1 aromatic heterocycles. The number of alkyl halides is 17. The summed E-state index contributed by atoms with van der Waals surface area (Å²) in [5, 5.41) is 6.68. The topological polar surface area (TPSA) is 30.7 Å². The molecule has 0 aliphatic rings. The Balaban J connectivity index is 3.13. The van der Waals surface area contributed by atoms with E-state index in [4.69, 9.17) is 0 Å². The summed E-state index contributed by atoms with van der Waals surface area (Å²) in [5.41, 5.74) is 0.106. The minimum Gasteiger partial charge on any atom is -0.252 e. The first kappa shape index (κ1) is 36.0. The van der Waals surface area contributed by atoms with Gasteiger partial charge in [0, 0.05) is 19.2 Å². The van der Waals surface area contributed by atoms with Gasteiger partial charge in [-0.2, -0.15) is 74.6 Å². The van der Waals surface area contributed by atoms with Crippen molar-refractivity contribution in [2.75, 3.05) is 0 Å². The zero-order valence-corrected chi connectivity index (χ0v) is 20.2. The van der Waals surface area contributed by atoms with E-state index in [2.05, 4.69) is 10.3 Å². The Morgan fingerprint density at radius 1 is 0.575 bits per heavy atom. The van der Waals surface area contributed by atoms with E-state index in [1.54, 1.807) is 0 Å². The molecule has 0 aliphatic carbocycles. The molecule has 0 atom stereocenters. The van der Waals surface area contributed by atoms with Crippen molar-refractivity contribution in [3.8, 4) is 0 Å². The molecule has 0 fully saturated rings. The van der Waals surface area contributed by atoms with Crippen LogP contribution in [-0.2, 0) is 13.0 Å². The second kappa shape index (κ2) is 11.7. The van der Waals surface area contributed by atoms with Crippen LogP contribution in [0.25, 0.3) is 0 Å².